The van der Waals surface area contributed by atoms with E-state index in [-0.39, 0.29) is 17.4 Å². The summed E-state index contributed by atoms with van der Waals surface area (Å²) in [5.74, 6) is 0.296. The number of ketones is 1. The zero-order chi connectivity index (χ0) is 16.0. The molecule has 0 bridgehead atoms. The number of carbonyl (C=O) groups is 1. The molecule has 0 unspecified atom stereocenters. The molecular formula is C16H14N4O3. The van der Waals surface area contributed by atoms with Gasteiger partial charge in [0, 0.05) is 0 Å². The second kappa shape index (κ2) is 5.05. The fourth-order valence-electron chi connectivity index (χ4n) is 2.81. The van der Waals surface area contributed by atoms with Crippen molar-refractivity contribution in [2.75, 3.05) is 7.11 Å². The summed E-state index contributed by atoms with van der Waals surface area (Å²) in [7, 11) is 1.45. The lowest BCUT2D eigenvalue weighted by molar-refractivity contribution is -0.114. The van der Waals surface area contributed by atoms with Crippen molar-refractivity contribution >= 4 is 17.6 Å². The van der Waals surface area contributed by atoms with Crippen molar-refractivity contribution in [2.45, 2.75) is 19.3 Å². The number of hydrogen-bond donors (Lipinski definition) is 1. The molecule has 0 saturated heterocycles. The van der Waals surface area contributed by atoms with Crippen LogP contribution in [0.4, 0.5) is 0 Å². The van der Waals surface area contributed by atoms with Gasteiger partial charge in [-0.15, -0.1) is 0 Å². The predicted molar refractivity (Wildman–Crippen MR) is 81.7 cm³/mol. The highest BCUT2D eigenvalue weighted by Crippen LogP contribution is 2.25. The van der Waals surface area contributed by atoms with Gasteiger partial charge in [0.15, 0.2) is 5.76 Å². The van der Waals surface area contributed by atoms with E-state index in [2.05, 4.69) is 15.1 Å². The molecule has 0 radical (unpaired) electrons. The molecule has 7 heteroatoms. The summed E-state index contributed by atoms with van der Waals surface area (Å²) < 4.78 is 6.58. The van der Waals surface area contributed by atoms with Crippen LogP contribution in [0.3, 0.4) is 0 Å². The molecule has 2 heterocycles. The first kappa shape index (κ1) is 13.7. The van der Waals surface area contributed by atoms with E-state index in [0.717, 1.165) is 30.7 Å². The van der Waals surface area contributed by atoms with Crippen LogP contribution in [0, 0.1) is 0 Å². The van der Waals surface area contributed by atoms with Gasteiger partial charge in [0.1, 0.15) is 5.69 Å². The SMILES string of the molecule is COC1=C/C(=C\c2c(O)nc3nc4c(nn23)CCC4)C=CC1=O. The number of aryl methyl sites for hydroxylation is 2. The van der Waals surface area contributed by atoms with Crippen molar-refractivity contribution in [3.63, 3.8) is 0 Å². The third-order valence-electron chi connectivity index (χ3n) is 3.96. The Labute approximate surface area is 131 Å². The second-order valence-electron chi connectivity index (χ2n) is 5.45. The van der Waals surface area contributed by atoms with Gasteiger partial charge in [0.2, 0.25) is 11.7 Å². The van der Waals surface area contributed by atoms with Crippen LogP contribution in [0.25, 0.3) is 11.9 Å². The Balaban J connectivity index is 1.85. The van der Waals surface area contributed by atoms with E-state index in [1.807, 2.05) is 0 Å². The maximum Gasteiger partial charge on any atom is 0.254 e. The van der Waals surface area contributed by atoms with E-state index >= 15 is 0 Å². The first-order valence-electron chi connectivity index (χ1n) is 7.33. The van der Waals surface area contributed by atoms with Crippen molar-refractivity contribution in [3.8, 4) is 5.88 Å². The summed E-state index contributed by atoms with van der Waals surface area (Å²) in [6, 6.07) is 0. The molecule has 0 saturated carbocycles. The molecule has 23 heavy (non-hydrogen) atoms. The van der Waals surface area contributed by atoms with Crippen molar-refractivity contribution in [1.29, 1.82) is 0 Å². The summed E-state index contributed by atoms with van der Waals surface area (Å²) in [5.41, 5.74) is 3.03. The minimum atomic E-state index is -0.190. The Morgan fingerprint density at radius 3 is 2.91 bits per heavy atom. The number of carbonyl (C=O) groups excluding carboxylic acids is 1. The summed E-state index contributed by atoms with van der Waals surface area (Å²) in [6.45, 7) is 0. The average molecular weight is 310 g/mol. The van der Waals surface area contributed by atoms with E-state index in [4.69, 9.17) is 4.74 Å². The van der Waals surface area contributed by atoms with Crippen molar-refractivity contribution in [1.82, 2.24) is 19.6 Å². The third kappa shape index (κ3) is 2.21. The molecule has 4 rings (SSSR count). The zero-order valence-corrected chi connectivity index (χ0v) is 12.5. The van der Waals surface area contributed by atoms with Gasteiger partial charge in [0.05, 0.1) is 18.5 Å². The number of hydrogen-bond acceptors (Lipinski definition) is 6. The fraction of sp³-hybridized carbons (Fsp3) is 0.250. The lowest BCUT2D eigenvalue weighted by atomic mass is 10.1. The number of fused-ring (bicyclic) bond motifs is 2. The highest BCUT2D eigenvalue weighted by molar-refractivity contribution is 6.05. The minimum Gasteiger partial charge on any atom is -0.493 e. The number of aromatic hydroxyl groups is 1. The molecule has 116 valence electrons. The van der Waals surface area contributed by atoms with Crippen LogP contribution in [-0.4, -0.2) is 37.6 Å². The zero-order valence-electron chi connectivity index (χ0n) is 12.5. The fourth-order valence-corrected chi connectivity index (χ4v) is 2.81. The van der Waals surface area contributed by atoms with Crippen LogP contribution in [0.5, 0.6) is 5.88 Å². The smallest absolute Gasteiger partial charge is 0.254 e. The van der Waals surface area contributed by atoms with Crippen LogP contribution in [-0.2, 0) is 22.4 Å². The minimum absolute atomic E-state index is 0.140. The third-order valence-corrected chi connectivity index (χ3v) is 3.96. The van der Waals surface area contributed by atoms with Gasteiger partial charge in [-0.1, -0.05) is 6.08 Å². The number of imidazole rings is 1. The molecule has 0 spiro atoms. The lowest BCUT2D eigenvalue weighted by Gasteiger charge is -2.07. The Bertz CT molecular complexity index is 921. The van der Waals surface area contributed by atoms with Crippen LogP contribution < -0.4 is 0 Å². The standard InChI is InChI=1S/C16H14N4O3/c1-23-14-8-9(5-6-13(14)21)7-12-15(22)18-16-17-10-3-2-4-11(10)19-20(12)16/h5-8,22H,2-4H2,1H3/b9-7-. The predicted octanol–water partition coefficient (Wildman–Crippen LogP) is 1.37. The summed E-state index contributed by atoms with van der Waals surface area (Å²) in [4.78, 5) is 20.1. The Morgan fingerprint density at radius 1 is 1.26 bits per heavy atom. The molecule has 2 aromatic rings. The van der Waals surface area contributed by atoms with Gasteiger partial charge in [-0.2, -0.15) is 14.6 Å². The molecule has 2 aliphatic carbocycles. The van der Waals surface area contributed by atoms with Crippen LogP contribution in [0.15, 0.2) is 29.6 Å². The molecule has 0 aromatic carbocycles. The highest BCUT2D eigenvalue weighted by atomic mass is 16.5. The van der Waals surface area contributed by atoms with Crippen molar-refractivity contribution in [3.05, 3.63) is 46.6 Å². The number of aromatic nitrogens is 4. The Morgan fingerprint density at radius 2 is 2.09 bits per heavy atom. The normalized spacial score (nSPS) is 18.6. The lowest BCUT2D eigenvalue weighted by Crippen LogP contribution is -2.05. The Hall–Kier alpha value is -2.96. The van der Waals surface area contributed by atoms with Gasteiger partial charge >= 0.3 is 0 Å². The molecule has 0 atom stereocenters. The summed E-state index contributed by atoms with van der Waals surface area (Å²) in [5, 5.41) is 14.7. The maximum absolute atomic E-state index is 11.6. The molecule has 0 fully saturated rings. The molecular weight excluding hydrogens is 296 g/mol. The van der Waals surface area contributed by atoms with E-state index < -0.39 is 0 Å². The molecule has 2 aliphatic rings. The van der Waals surface area contributed by atoms with Crippen LogP contribution in [0.1, 0.15) is 23.5 Å². The van der Waals surface area contributed by atoms with E-state index in [1.165, 1.54) is 17.7 Å². The first-order chi connectivity index (χ1) is 11.2. The topological polar surface area (TPSA) is 89.6 Å². The van der Waals surface area contributed by atoms with Gasteiger partial charge < -0.3 is 9.84 Å². The number of nitrogens with zero attached hydrogens (tertiary/aromatic N) is 4. The number of rotatable bonds is 2. The van der Waals surface area contributed by atoms with Gasteiger partial charge in [-0.25, -0.2) is 4.98 Å². The van der Waals surface area contributed by atoms with Gasteiger partial charge in [-0.05, 0) is 43.1 Å². The van der Waals surface area contributed by atoms with E-state index in [9.17, 15) is 9.90 Å². The van der Waals surface area contributed by atoms with Gasteiger partial charge in [-0.3, -0.25) is 4.79 Å². The maximum atomic E-state index is 11.6. The summed E-state index contributed by atoms with van der Waals surface area (Å²) >= 11 is 0. The highest BCUT2D eigenvalue weighted by Gasteiger charge is 2.20. The molecule has 1 N–H and O–H groups in total. The second-order valence-corrected chi connectivity index (χ2v) is 5.45. The number of ether oxygens (including phenoxy) is 1. The molecule has 0 aliphatic heterocycles. The first-order valence-corrected chi connectivity index (χ1v) is 7.33. The molecule has 0 amide bonds. The quantitative estimate of drug-likeness (QED) is 0.901. The van der Waals surface area contributed by atoms with Crippen LogP contribution in [0.2, 0.25) is 0 Å². The summed E-state index contributed by atoms with van der Waals surface area (Å²) in [6.07, 6.45) is 9.22. The molecule has 2 aromatic heterocycles. The van der Waals surface area contributed by atoms with Crippen LogP contribution >= 0.6 is 0 Å². The van der Waals surface area contributed by atoms with Gasteiger partial charge in [0.25, 0.3) is 5.78 Å². The Kier molecular flexibility index (Phi) is 3.00. The van der Waals surface area contributed by atoms with Crippen molar-refractivity contribution in [2.24, 2.45) is 0 Å². The van der Waals surface area contributed by atoms with Crippen molar-refractivity contribution < 1.29 is 14.6 Å². The van der Waals surface area contributed by atoms with E-state index in [0.29, 0.717) is 17.0 Å². The number of methoxy groups -OCH3 is 1. The average Bonchev–Trinajstić information content (AvgIpc) is 3.11. The largest absolute Gasteiger partial charge is 0.493 e. The number of allylic oxidation sites excluding steroid dienone is 4. The molecule has 7 nitrogen and oxygen atoms in total. The monoisotopic (exact) mass is 310 g/mol. The van der Waals surface area contributed by atoms with E-state index in [1.54, 1.807) is 18.2 Å².